The van der Waals surface area contributed by atoms with Gasteiger partial charge in [-0.1, -0.05) is 6.07 Å². The molecule has 0 saturated heterocycles. The van der Waals surface area contributed by atoms with Crippen LogP contribution >= 0.6 is 0 Å². The van der Waals surface area contributed by atoms with Crippen molar-refractivity contribution in [3.8, 4) is 29.1 Å². The highest BCUT2D eigenvalue weighted by atomic mass is 16.3. The van der Waals surface area contributed by atoms with Crippen LogP contribution in [-0.4, -0.2) is 21.9 Å². The van der Waals surface area contributed by atoms with Crippen LogP contribution in [0.2, 0.25) is 0 Å². The first-order chi connectivity index (χ1) is 7.66. The molecule has 16 heavy (non-hydrogen) atoms. The van der Waals surface area contributed by atoms with E-state index in [1.807, 2.05) is 0 Å². The van der Waals surface area contributed by atoms with Gasteiger partial charge in [-0.2, -0.15) is 0 Å². The van der Waals surface area contributed by atoms with E-state index in [1.165, 1.54) is 6.07 Å². The summed E-state index contributed by atoms with van der Waals surface area (Å²) in [5.74, 6) is 4.60. The summed E-state index contributed by atoms with van der Waals surface area (Å²) in [6, 6.07) is 2.90. The van der Waals surface area contributed by atoms with E-state index in [2.05, 4.69) is 17.2 Å². The number of rotatable bonds is 4. The molecule has 0 heterocycles. The Morgan fingerprint density at radius 2 is 1.94 bits per heavy atom. The third-order valence-electron chi connectivity index (χ3n) is 2.13. The van der Waals surface area contributed by atoms with Gasteiger partial charge < -0.3 is 20.6 Å². The van der Waals surface area contributed by atoms with E-state index < -0.39 is 5.75 Å². The summed E-state index contributed by atoms with van der Waals surface area (Å²) >= 11 is 0. The van der Waals surface area contributed by atoms with Gasteiger partial charge in [-0.25, -0.2) is 0 Å². The van der Waals surface area contributed by atoms with Crippen LogP contribution in [0.15, 0.2) is 12.1 Å². The molecule has 0 aliphatic rings. The van der Waals surface area contributed by atoms with Crippen LogP contribution in [0.3, 0.4) is 0 Å². The number of aromatic hydroxyl groups is 3. The summed E-state index contributed by atoms with van der Waals surface area (Å²) in [5.41, 5.74) is 0.541. The number of hydrogen-bond acceptors (Lipinski definition) is 4. The molecule has 0 radical (unpaired) electrons. The van der Waals surface area contributed by atoms with Crippen molar-refractivity contribution in [1.82, 2.24) is 5.32 Å². The first-order valence-corrected chi connectivity index (χ1v) is 5.00. The quantitative estimate of drug-likeness (QED) is 0.351. The number of phenolic OH excluding ortho intramolecular Hbond substituents is 3. The lowest BCUT2D eigenvalue weighted by atomic mass is 10.1. The average molecular weight is 221 g/mol. The molecular formula is C12H15NO3. The minimum atomic E-state index is -0.479. The normalized spacial score (nSPS) is 9.56. The van der Waals surface area contributed by atoms with Gasteiger partial charge in [0.1, 0.15) is 0 Å². The summed E-state index contributed by atoms with van der Waals surface area (Å²) in [6.45, 7) is 2.91. The lowest BCUT2D eigenvalue weighted by Gasteiger charge is -2.07. The smallest absolute Gasteiger partial charge is 0.200 e. The van der Waals surface area contributed by atoms with Crippen LogP contribution in [0.5, 0.6) is 17.2 Å². The summed E-state index contributed by atoms with van der Waals surface area (Å²) in [7, 11) is 0. The van der Waals surface area contributed by atoms with Gasteiger partial charge in [-0.3, -0.25) is 0 Å². The molecular weight excluding hydrogens is 206 g/mol. The summed E-state index contributed by atoms with van der Waals surface area (Å²) in [6.07, 6.45) is 0.737. The average Bonchev–Trinajstić information content (AvgIpc) is 2.28. The lowest BCUT2D eigenvalue weighted by Crippen LogP contribution is -2.14. The molecule has 0 aliphatic heterocycles. The van der Waals surface area contributed by atoms with Gasteiger partial charge in [0.15, 0.2) is 11.5 Å². The van der Waals surface area contributed by atoms with E-state index in [0.717, 1.165) is 6.42 Å². The fourth-order valence-corrected chi connectivity index (χ4v) is 1.25. The molecule has 0 atom stereocenters. The van der Waals surface area contributed by atoms with Crippen LogP contribution < -0.4 is 5.32 Å². The summed E-state index contributed by atoms with van der Waals surface area (Å²) in [5, 5.41) is 31.0. The highest BCUT2D eigenvalue weighted by molar-refractivity contribution is 5.52. The zero-order valence-electron chi connectivity index (χ0n) is 9.12. The highest BCUT2D eigenvalue weighted by Gasteiger charge is 2.09. The van der Waals surface area contributed by atoms with Crippen molar-refractivity contribution in [2.24, 2.45) is 0 Å². The van der Waals surface area contributed by atoms with E-state index >= 15 is 0 Å². The van der Waals surface area contributed by atoms with Gasteiger partial charge in [0, 0.05) is 25.1 Å². The van der Waals surface area contributed by atoms with Crippen molar-refractivity contribution < 1.29 is 15.3 Å². The van der Waals surface area contributed by atoms with Gasteiger partial charge in [0.2, 0.25) is 5.75 Å². The molecule has 4 heteroatoms. The van der Waals surface area contributed by atoms with Gasteiger partial charge >= 0.3 is 0 Å². The Morgan fingerprint density at radius 3 is 2.62 bits per heavy atom. The maximum Gasteiger partial charge on any atom is 0.200 e. The fraction of sp³-hybridized carbons (Fsp3) is 0.333. The largest absolute Gasteiger partial charge is 0.504 e. The molecule has 0 unspecified atom stereocenters. The maximum absolute atomic E-state index is 9.50. The highest BCUT2D eigenvalue weighted by Crippen LogP contribution is 2.36. The maximum atomic E-state index is 9.50. The monoisotopic (exact) mass is 221 g/mol. The minimum absolute atomic E-state index is 0.283. The Bertz CT molecular complexity index is 418. The molecule has 1 aromatic carbocycles. The molecule has 0 aromatic heterocycles. The standard InChI is InChI=1S/C12H15NO3/c1-2-3-4-7-13-8-9-5-6-10(14)12(16)11(9)15/h5-6,13-16H,4,7-8H2,1H3. The Labute approximate surface area is 94.6 Å². The predicted octanol–water partition coefficient (Wildman–Crippen LogP) is 1.31. The van der Waals surface area contributed by atoms with E-state index in [9.17, 15) is 10.2 Å². The van der Waals surface area contributed by atoms with Gasteiger partial charge in [-0.15, -0.1) is 11.8 Å². The van der Waals surface area contributed by atoms with E-state index in [4.69, 9.17) is 5.11 Å². The van der Waals surface area contributed by atoms with Crippen LogP contribution in [0.25, 0.3) is 0 Å². The Hall–Kier alpha value is -1.86. The second-order valence-electron chi connectivity index (χ2n) is 3.29. The number of hydrogen-bond donors (Lipinski definition) is 4. The van der Waals surface area contributed by atoms with Crippen LogP contribution in [0.1, 0.15) is 18.9 Å². The Kier molecular flexibility index (Phi) is 4.49. The van der Waals surface area contributed by atoms with Crippen LogP contribution in [0.4, 0.5) is 0 Å². The SMILES string of the molecule is CC#CCCNCc1ccc(O)c(O)c1O. The third kappa shape index (κ3) is 3.07. The fourth-order valence-electron chi connectivity index (χ4n) is 1.25. The van der Waals surface area contributed by atoms with Crippen molar-refractivity contribution >= 4 is 0 Å². The molecule has 0 bridgehead atoms. The molecule has 1 aromatic rings. The molecule has 0 aliphatic carbocycles. The molecule has 0 fully saturated rings. The van der Waals surface area contributed by atoms with Crippen molar-refractivity contribution in [2.45, 2.75) is 19.9 Å². The van der Waals surface area contributed by atoms with Crippen LogP contribution in [0, 0.1) is 11.8 Å². The van der Waals surface area contributed by atoms with E-state index in [-0.39, 0.29) is 11.5 Å². The Balaban J connectivity index is 2.53. The zero-order valence-corrected chi connectivity index (χ0v) is 9.12. The molecule has 4 nitrogen and oxygen atoms in total. The Morgan fingerprint density at radius 1 is 1.19 bits per heavy atom. The van der Waals surface area contributed by atoms with Gasteiger partial charge in [0.25, 0.3) is 0 Å². The first-order valence-electron chi connectivity index (χ1n) is 5.00. The second kappa shape index (κ2) is 5.89. The van der Waals surface area contributed by atoms with Crippen molar-refractivity contribution in [1.29, 1.82) is 0 Å². The van der Waals surface area contributed by atoms with Crippen molar-refractivity contribution in [3.63, 3.8) is 0 Å². The first kappa shape index (κ1) is 12.2. The molecule has 86 valence electrons. The van der Waals surface area contributed by atoms with E-state index in [1.54, 1.807) is 13.0 Å². The second-order valence-corrected chi connectivity index (χ2v) is 3.29. The molecule has 4 N–H and O–H groups in total. The molecule has 1 rings (SSSR count). The van der Waals surface area contributed by atoms with Gasteiger partial charge in [0.05, 0.1) is 0 Å². The number of phenols is 3. The lowest BCUT2D eigenvalue weighted by molar-refractivity contribution is 0.364. The van der Waals surface area contributed by atoms with Crippen LogP contribution in [-0.2, 0) is 6.54 Å². The van der Waals surface area contributed by atoms with Gasteiger partial charge in [-0.05, 0) is 13.0 Å². The van der Waals surface area contributed by atoms with Crippen molar-refractivity contribution in [2.75, 3.05) is 6.54 Å². The minimum Gasteiger partial charge on any atom is -0.504 e. The predicted molar refractivity (Wildman–Crippen MR) is 61.2 cm³/mol. The number of benzene rings is 1. The summed E-state index contributed by atoms with van der Waals surface area (Å²) in [4.78, 5) is 0. The summed E-state index contributed by atoms with van der Waals surface area (Å²) < 4.78 is 0. The third-order valence-corrected chi connectivity index (χ3v) is 2.13. The van der Waals surface area contributed by atoms with Crippen molar-refractivity contribution in [3.05, 3.63) is 17.7 Å². The molecule has 0 amide bonds. The molecule has 0 saturated carbocycles. The molecule has 0 spiro atoms. The number of nitrogens with one attached hydrogen (secondary N) is 1. The van der Waals surface area contributed by atoms with E-state index in [0.29, 0.717) is 18.7 Å². The topological polar surface area (TPSA) is 72.7 Å². The zero-order chi connectivity index (χ0) is 12.0.